The molecule has 2 saturated heterocycles. The van der Waals surface area contributed by atoms with Crippen LogP contribution in [0.5, 0.6) is 0 Å². The van der Waals surface area contributed by atoms with Gasteiger partial charge in [-0.1, -0.05) is 23.7 Å². The van der Waals surface area contributed by atoms with Gasteiger partial charge < -0.3 is 14.5 Å². The van der Waals surface area contributed by atoms with Crippen LogP contribution in [0, 0.1) is 0 Å². The number of benzene rings is 1. The van der Waals surface area contributed by atoms with E-state index < -0.39 is 0 Å². The van der Waals surface area contributed by atoms with Crippen LogP contribution in [0.25, 0.3) is 0 Å². The summed E-state index contributed by atoms with van der Waals surface area (Å²) in [6.45, 7) is 3.91. The Balaban J connectivity index is 1.77. The highest BCUT2D eigenvalue weighted by Gasteiger charge is 2.52. The van der Waals surface area contributed by atoms with Crippen LogP contribution < -0.4 is 0 Å². The molecule has 2 fully saturated rings. The number of hydrogen-bond donors (Lipinski definition) is 0. The van der Waals surface area contributed by atoms with Crippen LogP contribution in [0.4, 0.5) is 0 Å². The second-order valence-electron chi connectivity index (χ2n) is 5.86. The first-order valence-electron chi connectivity index (χ1n) is 8.14. The van der Waals surface area contributed by atoms with E-state index in [9.17, 15) is 9.59 Å². The zero-order chi connectivity index (χ0) is 17.1. The number of hydrogen-bond acceptors (Lipinski definition) is 4. The van der Waals surface area contributed by atoms with Gasteiger partial charge in [-0.2, -0.15) is 0 Å². The number of carbonyl (C=O) groups is 2. The minimum atomic E-state index is -0.388. The molecule has 1 aromatic carbocycles. The summed E-state index contributed by atoms with van der Waals surface area (Å²) in [5.74, 6) is 1.13. The molecular weight excluding hydrogens is 348 g/mol. The Kier molecular flexibility index (Phi) is 5.69. The molecule has 0 saturated carbocycles. The first kappa shape index (κ1) is 17.6. The van der Waals surface area contributed by atoms with Gasteiger partial charge in [-0.05, 0) is 31.0 Å². The summed E-state index contributed by atoms with van der Waals surface area (Å²) >= 11 is 7.54. The smallest absolute Gasteiger partial charge is 0.248 e. The van der Waals surface area contributed by atoms with Gasteiger partial charge in [0.2, 0.25) is 11.8 Å². The summed E-state index contributed by atoms with van der Waals surface area (Å²) in [5.41, 5.74) is 1.02. The van der Waals surface area contributed by atoms with Gasteiger partial charge in [0.1, 0.15) is 6.04 Å². The third kappa shape index (κ3) is 3.41. The first-order valence-corrected chi connectivity index (χ1v) is 9.67. The van der Waals surface area contributed by atoms with Crippen molar-refractivity contribution >= 4 is 35.2 Å². The molecule has 3 rings (SSSR count). The van der Waals surface area contributed by atoms with Crippen molar-refractivity contribution in [2.75, 3.05) is 31.4 Å². The average Bonchev–Trinajstić information content (AvgIpc) is 2.99. The molecule has 2 amide bonds. The van der Waals surface area contributed by atoms with Crippen molar-refractivity contribution in [1.82, 2.24) is 9.80 Å². The van der Waals surface area contributed by atoms with E-state index in [1.165, 1.54) is 0 Å². The average molecular weight is 369 g/mol. The molecule has 0 N–H and O–H groups in total. The predicted octanol–water partition coefficient (Wildman–Crippen LogP) is 2.55. The van der Waals surface area contributed by atoms with E-state index in [1.54, 1.807) is 16.7 Å². The predicted molar refractivity (Wildman–Crippen MR) is 95.0 cm³/mol. The quantitative estimate of drug-likeness (QED) is 0.548. The lowest BCUT2D eigenvalue weighted by Crippen LogP contribution is -2.66. The van der Waals surface area contributed by atoms with Gasteiger partial charge in [0.15, 0.2) is 0 Å². The minimum absolute atomic E-state index is 0.0299. The summed E-state index contributed by atoms with van der Waals surface area (Å²) in [5, 5.41) is 0.664. The second-order valence-corrected chi connectivity index (χ2v) is 7.26. The summed E-state index contributed by atoms with van der Waals surface area (Å²) < 4.78 is 5.36. The molecule has 0 aliphatic carbocycles. The number of likely N-dealkylation sites (tertiary alicyclic amines) is 1. The minimum Gasteiger partial charge on any atom is -0.382 e. The Morgan fingerprint density at radius 3 is 2.62 bits per heavy atom. The number of halogens is 1. The van der Waals surface area contributed by atoms with Gasteiger partial charge >= 0.3 is 0 Å². The molecule has 1 aromatic rings. The topological polar surface area (TPSA) is 49.9 Å². The number of ether oxygens (including phenoxy) is 1. The van der Waals surface area contributed by atoms with Crippen LogP contribution in [0.15, 0.2) is 24.3 Å². The number of rotatable bonds is 7. The van der Waals surface area contributed by atoms with E-state index in [0.717, 1.165) is 12.0 Å². The zero-order valence-corrected chi connectivity index (χ0v) is 15.2. The number of amides is 2. The van der Waals surface area contributed by atoms with Crippen LogP contribution in [-0.4, -0.2) is 59.0 Å². The van der Waals surface area contributed by atoms with E-state index in [2.05, 4.69) is 0 Å². The zero-order valence-electron chi connectivity index (χ0n) is 13.6. The maximum absolute atomic E-state index is 12.7. The fourth-order valence-corrected chi connectivity index (χ4v) is 4.27. The third-order valence-electron chi connectivity index (χ3n) is 4.39. The standard InChI is InChI=1S/C17H21ClN2O3S/c1-2-23-9-3-8-19-15(12-4-6-13(18)7-5-12)16(17(19)22)20-11-24-10-14(20)21/h4-7,15-16H,2-3,8-11H2,1H3/t15-,16+/m1/s1. The Hall–Kier alpha value is -1.24. The van der Waals surface area contributed by atoms with Gasteiger partial charge in [0, 0.05) is 24.8 Å². The Morgan fingerprint density at radius 2 is 2.00 bits per heavy atom. The van der Waals surface area contributed by atoms with E-state index in [-0.39, 0.29) is 23.9 Å². The second kappa shape index (κ2) is 7.76. The lowest BCUT2D eigenvalue weighted by atomic mass is 9.87. The first-order chi connectivity index (χ1) is 11.6. The van der Waals surface area contributed by atoms with Gasteiger partial charge in [0.05, 0.1) is 17.7 Å². The SMILES string of the molecule is CCOCCCN1C(=O)[C@@H](N2CSCC2=O)[C@H]1c1ccc(Cl)cc1. The van der Waals surface area contributed by atoms with Gasteiger partial charge in [-0.25, -0.2) is 0 Å². The summed E-state index contributed by atoms with van der Waals surface area (Å²) in [6, 6.07) is 7.05. The fraction of sp³-hybridized carbons (Fsp3) is 0.529. The van der Waals surface area contributed by atoms with E-state index in [0.29, 0.717) is 36.4 Å². The highest BCUT2D eigenvalue weighted by atomic mass is 35.5. The lowest BCUT2D eigenvalue weighted by Gasteiger charge is -2.50. The molecule has 2 atom stereocenters. The maximum Gasteiger partial charge on any atom is 0.248 e. The summed E-state index contributed by atoms with van der Waals surface area (Å²) in [4.78, 5) is 28.3. The van der Waals surface area contributed by atoms with Crippen molar-refractivity contribution in [2.45, 2.75) is 25.4 Å². The highest BCUT2D eigenvalue weighted by molar-refractivity contribution is 8.00. The number of thioether (sulfide) groups is 1. The third-order valence-corrected chi connectivity index (χ3v) is 5.55. The molecule has 0 radical (unpaired) electrons. The lowest BCUT2D eigenvalue weighted by molar-refractivity contribution is -0.164. The van der Waals surface area contributed by atoms with Crippen LogP contribution in [0.3, 0.4) is 0 Å². The highest BCUT2D eigenvalue weighted by Crippen LogP contribution is 2.40. The monoisotopic (exact) mass is 368 g/mol. The van der Waals surface area contributed by atoms with Crippen molar-refractivity contribution in [1.29, 1.82) is 0 Å². The van der Waals surface area contributed by atoms with E-state index in [4.69, 9.17) is 16.3 Å². The molecule has 2 heterocycles. The number of β-lactam (4-membered cyclic amide) rings is 1. The summed E-state index contributed by atoms with van der Waals surface area (Å²) in [6.07, 6.45) is 0.791. The molecule has 5 nitrogen and oxygen atoms in total. The molecule has 130 valence electrons. The van der Waals surface area contributed by atoms with Crippen molar-refractivity contribution in [3.05, 3.63) is 34.9 Å². The van der Waals surface area contributed by atoms with Gasteiger partial charge in [-0.3, -0.25) is 9.59 Å². The molecule has 7 heteroatoms. The number of nitrogens with zero attached hydrogens (tertiary/aromatic N) is 2. The molecule has 0 aromatic heterocycles. The van der Waals surface area contributed by atoms with Crippen molar-refractivity contribution < 1.29 is 14.3 Å². The van der Waals surface area contributed by atoms with Crippen molar-refractivity contribution in [3.63, 3.8) is 0 Å². The van der Waals surface area contributed by atoms with Crippen LogP contribution in [0.2, 0.25) is 5.02 Å². The Bertz CT molecular complexity index is 610. The largest absolute Gasteiger partial charge is 0.382 e. The van der Waals surface area contributed by atoms with Crippen molar-refractivity contribution in [2.24, 2.45) is 0 Å². The fourth-order valence-electron chi connectivity index (χ4n) is 3.21. The maximum atomic E-state index is 12.7. The molecule has 24 heavy (non-hydrogen) atoms. The molecule has 0 unspecified atom stereocenters. The number of carbonyl (C=O) groups excluding carboxylic acids is 2. The Labute approximate surface area is 151 Å². The van der Waals surface area contributed by atoms with Crippen LogP contribution in [-0.2, 0) is 14.3 Å². The molecule has 2 aliphatic heterocycles. The summed E-state index contributed by atoms with van der Waals surface area (Å²) in [7, 11) is 0. The van der Waals surface area contributed by atoms with Crippen LogP contribution >= 0.6 is 23.4 Å². The Morgan fingerprint density at radius 1 is 1.25 bits per heavy atom. The molecule has 0 spiro atoms. The normalized spacial score (nSPS) is 23.8. The van der Waals surface area contributed by atoms with Crippen molar-refractivity contribution in [3.8, 4) is 0 Å². The molecule has 2 aliphatic rings. The van der Waals surface area contributed by atoms with Gasteiger partial charge in [-0.15, -0.1) is 11.8 Å². The molecule has 0 bridgehead atoms. The van der Waals surface area contributed by atoms with E-state index >= 15 is 0 Å². The van der Waals surface area contributed by atoms with Crippen LogP contribution in [0.1, 0.15) is 24.9 Å². The molecular formula is C17H21ClN2O3S. The van der Waals surface area contributed by atoms with Gasteiger partial charge in [0.25, 0.3) is 0 Å². The van der Waals surface area contributed by atoms with E-state index in [1.807, 2.05) is 36.1 Å².